The molecule has 3 aromatic rings. The van der Waals surface area contributed by atoms with E-state index in [0.717, 1.165) is 40.8 Å². The number of hydrogen-bond acceptors (Lipinski definition) is 7. The van der Waals surface area contributed by atoms with Crippen molar-refractivity contribution in [2.45, 2.75) is 23.5 Å². The molecule has 1 aliphatic heterocycles. The Bertz CT molecular complexity index is 1190. The molecule has 0 unspecified atom stereocenters. The Labute approximate surface area is 175 Å². The molecule has 1 fully saturated rings. The molecule has 29 heavy (non-hydrogen) atoms. The van der Waals surface area contributed by atoms with Crippen LogP contribution in [0.25, 0.3) is 10.2 Å². The Morgan fingerprint density at radius 2 is 1.90 bits per heavy atom. The van der Waals surface area contributed by atoms with E-state index in [4.69, 9.17) is 5.73 Å². The van der Waals surface area contributed by atoms with Gasteiger partial charge in [-0.3, -0.25) is 9.59 Å². The summed E-state index contributed by atoms with van der Waals surface area (Å²) < 4.78 is 28.1. The molecule has 0 bridgehead atoms. The topological polar surface area (TPSA) is 122 Å². The van der Waals surface area contributed by atoms with E-state index in [1.54, 1.807) is 23.7 Å². The number of nitrogens with one attached hydrogen (secondary N) is 1. The monoisotopic (exact) mass is 450 g/mol. The molecule has 1 aromatic carbocycles. The second-order valence-electron chi connectivity index (χ2n) is 6.63. The molecule has 8 nitrogen and oxygen atoms in total. The first-order chi connectivity index (χ1) is 13.9. The van der Waals surface area contributed by atoms with Crippen LogP contribution >= 0.6 is 22.7 Å². The zero-order chi connectivity index (χ0) is 20.6. The number of carbonyl (C=O) groups excluding carboxylic acids is 2. The van der Waals surface area contributed by atoms with Gasteiger partial charge in [-0.25, -0.2) is 13.4 Å². The van der Waals surface area contributed by atoms with Gasteiger partial charge in [0.1, 0.15) is 9.21 Å². The molecule has 1 aliphatic rings. The van der Waals surface area contributed by atoms with Crippen LogP contribution in [0.4, 0.5) is 5.00 Å². The van der Waals surface area contributed by atoms with Gasteiger partial charge in [0.05, 0.1) is 21.3 Å². The number of amides is 2. The number of nitrogens with zero attached hydrogens (tertiary/aromatic N) is 2. The number of thiophene rings is 1. The number of anilines is 1. The smallest absolute Gasteiger partial charge is 0.256 e. The maximum atomic E-state index is 12.9. The SMILES string of the molecule is NC(=O)c1cc(S(=O)(=O)N2CCCCC2)sc1NC(=O)c1ccc2ncsc2c1. The minimum atomic E-state index is -3.73. The number of piperidine rings is 1. The predicted molar refractivity (Wildman–Crippen MR) is 113 cm³/mol. The van der Waals surface area contributed by atoms with Crippen molar-refractivity contribution >= 4 is 59.7 Å². The van der Waals surface area contributed by atoms with Gasteiger partial charge in [0.2, 0.25) is 0 Å². The van der Waals surface area contributed by atoms with Crippen molar-refractivity contribution in [1.29, 1.82) is 0 Å². The fourth-order valence-electron chi connectivity index (χ4n) is 3.18. The molecular formula is C18H18N4O4S3. The van der Waals surface area contributed by atoms with Crippen LogP contribution in [0, 0.1) is 0 Å². The molecule has 3 heterocycles. The number of carbonyl (C=O) groups is 2. The van der Waals surface area contributed by atoms with Crippen LogP contribution in [-0.4, -0.2) is 42.6 Å². The van der Waals surface area contributed by atoms with Gasteiger partial charge in [-0.15, -0.1) is 22.7 Å². The second-order valence-corrected chi connectivity index (χ2v) is 10.7. The summed E-state index contributed by atoms with van der Waals surface area (Å²) >= 11 is 2.25. The highest BCUT2D eigenvalue weighted by atomic mass is 32.2. The zero-order valence-corrected chi connectivity index (χ0v) is 17.7. The maximum Gasteiger partial charge on any atom is 0.256 e. The molecule has 0 atom stereocenters. The molecule has 4 rings (SSSR count). The lowest BCUT2D eigenvalue weighted by atomic mass is 10.2. The number of rotatable bonds is 5. The van der Waals surface area contributed by atoms with Crippen LogP contribution in [0.2, 0.25) is 0 Å². The van der Waals surface area contributed by atoms with Gasteiger partial charge in [-0.05, 0) is 37.1 Å². The molecule has 0 saturated carbocycles. The summed E-state index contributed by atoms with van der Waals surface area (Å²) in [5, 5.41) is 2.77. The lowest BCUT2D eigenvalue weighted by Crippen LogP contribution is -2.35. The predicted octanol–water partition coefficient (Wildman–Crippen LogP) is 2.88. The molecule has 0 aliphatic carbocycles. The van der Waals surface area contributed by atoms with E-state index in [9.17, 15) is 18.0 Å². The molecule has 1 saturated heterocycles. The Kier molecular flexibility index (Phi) is 5.38. The van der Waals surface area contributed by atoms with Gasteiger partial charge < -0.3 is 11.1 Å². The first kappa shape index (κ1) is 20.0. The average molecular weight is 451 g/mol. The van der Waals surface area contributed by atoms with Crippen molar-refractivity contribution in [3.8, 4) is 0 Å². The minimum absolute atomic E-state index is 0.00130. The highest BCUT2D eigenvalue weighted by Crippen LogP contribution is 2.34. The lowest BCUT2D eigenvalue weighted by Gasteiger charge is -2.25. The van der Waals surface area contributed by atoms with E-state index < -0.39 is 21.8 Å². The van der Waals surface area contributed by atoms with Crippen LogP contribution in [0.1, 0.15) is 40.0 Å². The van der Waals surface area contributed by atoms with Crippen molar-refractivity contribution in [2.24, 2.45) is 5.73 Å². The number of fused-ring (bicyclic) bond motifs is 1. The van der Waals surface area contributed by atoms with Crippen LogP contribution in [0.5, 0.6) is 0 Å². The van der Waals surface area contributed by atoms with E-state index >= 15 is 0 Å². The van der Waals surface area contributed by atoms with Gasteiger partial charge in [-0.1, -0.05) is 6.42 Å². The van der Waals surface area contributed by atoms with Crippen molar-refractivity contribution in [3.63, 3.8) is 0 Å². The van der Waals surface area contributed by atoms with Crippen molar-refractivity contribution < 1.29 is 18.0 Å². The molecule has 3 N–H and O–H groups in total. The molecule has 0 radical (unpaired) electrons. The number of aromatic nitrogens is 1. The van der Waals surface area contributed by atoms with Crippen molar-refractivity contribution in [2.75, 3.05) is 18.4 Å². The van der Waals surface area contributed by atoms with Crippen molar-refractivity contribution in [1.82, 2.24) is 9.29 Å². The highest BCUT2D eigenvalue weighted by molar-refractivity contribution is 7.91. The minimum Gasteiger partial charge on any atom is -0.366 e. The average Bonchev–Trinajstić information content (AvgIpc) is 3.35. The first-order valence-corrected chi connectivity index (χ1v) is 12.1. The molecule has 2 amide bonds. The van der Waals surface area contributed by atoms with E-state index in [1.807, 2.05) is 0 Å². The summed E-state index contributed by atoms with van der Waals surface area (Å²) in [4.78, 5) is 28.7. The summed E-state index contributed by atoms with van der Waals surface area (Å²) in [6.45, 7) is 0.894. The molecular weight excluding hydrogens is 432 g/mol. The van der Waals surface area contributed by atoms with Crippen LogP contribution in [0.15, 0.2) is 34.0 Å². The van der Waals surface area contributed by atoms with Crippen LogP contribution in [-0.2, 0) is 10.0 Å². The standard InChI is InChI=1S/C18H18N4O4S3/c19-16(23)12-9-15(29(25,26)22-6-2-1-3-7-22)28-18(12)21-17(24)11-4-5-13-14(8-11)27-10-20-13/h4-5,8-10H,1-3,6-7H2,(H2,19,23)(H,21,24). The Morgan fingerprint density at radius 1 is 1.14 bits per heavy atom. The third kappa shape index (κ3) is 3.90. The van der Waals surface area contributed by atoms with E-state index in [0.29, 0.717) is 18.7 Å². The fraction of sp³-hybridized carbons (Fsp3) is 0.278. The Morgan fingerprint density at radius 3 is 2.62 bits per heavy atom. The van der Waals surface area contributed by atoms with Crippen molar-refractivity contribution in [3.05, 3.63) is 40.9 Å². The van der Waals surface area contributed by atoms with Crippen LogP contribution < -0.4 is 11.1 Å². The molecule has 152 valence electrons. The number of thiazole rings is 1. The number of primary amides is 1. The third-order valence-corrected chi connectivity index (χ3v) is 8.89. The summed E-state index contributed by atoms with van der Waals surface area (Å²) in [5.41, 5.74) is 8.27. The van der Waals surface area contributed by atoms with Crippen LogP contribution in [0.3, 0.4) is 0 Å². The number of sulfonamides is 1. The summed E-state index contributed by atoms with van der Waals surface area (Å²) in [7, 11) is -3.73. The Balaban J connectivity index is 1.64. The van der Waals surface area contributed by atoms with Gasteiger partial charge in [0, 0.05) is 18.7 Å². The van der Waals surface area contributed by atoms with E-state index in [2.05, 4.69) is 10.3 Å². The lowest BCUT2D eigenvalue weighted by molar-refractivity contribution is 0.100. The first-order valence-electron chi connectivity index (χ1n) is 8.94. The third-order valence-electron chi connectivity index (χ3n) is 4.70. The largest absolute Gasteiger partial charge is 0.366 e. The zero-order valence-electron chi connectivity index (χ0n) is 15.3. The normalized spacial score (nSPS) is 15.4. The fourth-order valence-corrected chi connectivity index (χ4v) is 6.93. The summed E-state index contributed by atoms with van der Waals surface area (Å²) in [5.74, 6) is -1.25. The molecule has 11 heteroatoms. The van der Waals surface area contributed by atoms with Gasteiger partial charge in [-0.2, -0.15) is 4.31 Å². The summed E-state index contributed by atoms with van der Waals surface area (Å²) in [6, 6.07) is 6.31. The highest BCUT2D eigenvalue weighted by Gasteiger charge is 2.30. The van der Waals surface area contributed by atoms with E-state index in [1.165, 1.54) is 21.7 Å². The van der Waals surface area contributed by atoms with E-state index in [-0.39, 0.29) is 14.8 Å². The van der Waals surface area contributed by atoms with Gasteiger partial charge in [0.15, 0.2) is 0 Å². The quantitative estimate of drug-likeness (QED) is 0.619. The maximum absolute atomic E-state index is 12.9. The Hall–Kier alpha value is -2.34. The molecule has 0 spiro atoms. The number of nitrogens with two attached hydrogens (primary N) is 1. The summed E-state index contributed by atoms with van der Waals surface area (Å²) in [6.07, 6.45) is 2.60. The number of benzene rings is 1. The molecule has 2 aromatic heterocycles. The van der Waals surface area contributed by atoms with Gasteiger partial charge in [0.25, 0.3) is 21.8 Å². The van der Waals surface area contributed by atoms with Gasteiger partial charge >= 0.3 is 0 Å². The number of hydrogen-bond donors (Lipinski definition) is 2. The second kappa shape index (κ2) is 7.82.